The summed E-state index contributed by atoms with van der Waals surface area (Å²) in [5.74, 6) is 1.18. The van der Waals surface area contributed by atoms with Gasteiger partial charge in [-0.25, -0.2) is 0 Å². The molecule has 0 bridgehead atoms. The smallest absolute Gasteiger partial charge is 0.260 e. The molecule has 0 radical (unpaired) electrons. The Labute approximate surface area is 70.1 Å². The maximum atomic E-state index is 5.75. The monoisotopic (exact) mass is 168 g/mol. The molecule has 1 aliphatic carbocycles. The molecule has 0 amide bonds. The second-order valence-corrected chi connectivity index (χ2v) is 3.26. The van der Waals surface area contributed by atoms with Gasteiger partial charge in [0.25, 0.3) is 5.95 Å². The maximum Gasteiger partial charge on any atom is 0.260 e. The molecule has 1 heterocycles. The van der Waals surface area contributed by atoms with Gasteiger partial charge in [0.05, 0.1) is 0 Å². The van der Waals surface area contributed by atoms with Crippen LogP contribution in [-0.4, -0.2) is 16.2 Å². The second-order valence-electron chi connectivity index (χ2n) is 3.26. The van der Waals surface area contributed by atoms with E-state index in [9.17, 15) is 0 Å². The van der Waals surface area contributed by atoms with Crippen LogP contribution in [0, 0.1) is 0 Å². The van der Waals surface area contributed by atoms with Crippen molar-refractivity contribution in [3.8, 4) is 0 Å². The van der Waals surface area contributed by atoms with Crippen LogP contribution in [0.25, 0.3) is 0 Å². The van der Waals surface area contributed by atoms with E-state index in [1.54, 1.807) is 0 Å². The van der Waals surface area contributed by atoms with E-state index in [4.69, 9.17) is 16.0 Å². The lowest BCUT2D eigenvalue weighted by Gasteiger charge is -2.00. The van der Waals surface area contributed by atoms with Crippen molar-refractivity contribution in [2.24, 2.45) is 5.73 Å². The van der Waals surface area contributed by atoms with Crippen molar-refractivity contribution in [3.63, 3.8) is 0 Å². The minimum atomic E-state index is 0.213. The molecule has 1 aliphatic rings. The number of nitrogens with two attached hydrogens (primary N) is 2. The lowest BCUT2D eigenvalue weighted by Crippen LogP contribution is -2.14. The highest BCUT2D eigenvalue weighted by Gasteiger charge is 2.27. The van der Waals surface area contributed by atoms with Crippen LogP contribution >= 0.6 is 0 Å². The number of nitrogens with zero attached hydrogens (tertiary/aromatic N) is 2. The topological polar surface area (TPSA) is 91.0 Å². The fourth-order valence-corrected chi connectivity index (χ4v) is 1.65. The van der Waals surface area contributed by atoms with Crippen LogP contribution in [0.15, 0.2) is 4.52 Å². The molecule has 1 saturated carbocycles. The van der Waals surface area contributed by atoms with Gasteiger partial charge in [-0.05, 0) is 24.4 Å². The molecular weight excluding hydrogens is 156 g/mol. The van der Waals surface area contributed by atoms with Crippen LogP contribution in [-0.2, 0) is 0 Å². The summed E-state index contributed by atoms with van der Waals surface area (Å²) in [5.41, 5.74) is 11.1. The van der Waals surface area contributed by atoms with Crippen LogP contribution in [0.3, 0.4) is 0 Å². The molecule has 5 nitrogen and oxygen atoms in total. The number of hydrogen-bond acceptors (Lipinski definition) is 5. The Hall–Kier alpha value is -1.10. The highest BCUT2D eigenvalue weighted by Crippen LogP contribution is 2.32. The number of nitrogen functional groups attached to an aromatic ring is 1. The first-order valence-corrected chi connectivity index (χ1v) is 4.10. The van der Waals surface area contributed by atoms with E-state index in [1.807, 2.05) is 0 Å². The van der Waals surface area contributed by atoms with Gasteiger partial charge < -0.3 is 16.0 Å². The normalized spacial score (nSPS) is 29.4. The molecule has 66 valence electrons. The van der Waals surface area contributed by atoms with E-state index in [0.717, 1.165) is 19.3 Å². The van der Waals surface area contributed by atoms with E-state index in [-0.39, 0.29) is 12.0 Å². The first kappa shape index (κ1) is 7.54. The summed E-state index contributed by atoms with van der Waals surface area (Å²) in [6.45, 7) is 0. The van der Waals surface area contributed by atoms with Gasteiger partial charge in [0, 0.05) is 12.0 Å². The molecule has 4 N–H and O–H groups in total. The van der Waals surface area contributed by atoms with Gasteiger partial charge in [-0.1, -0.05) is 0 Å². The van der Waals surface area contributed by atoms with Crippen molar-refractivity contribution in [3.05, 3.63) is 5.89 Å². The van der Waals surface area contributed by atoms with Crippen LogP contribution in [0.4, 0.5) is 5.95 Å². The van der Waals surface area contributed by atoms with Crippen molar-refractivity contribution < 1.29 is 4.52 Å². The molecule has 1 fully saturated rings. The quantitative estimate of drug-likeness (QED) is 0.627. The molecular formula is C7H12N4O. The maximum absolute atomic E-state index is 5.75. The van der Waals surface area contributed by atoms with E-state index in [1.165, 1.54) is 0 Å². The zero-order valence-electron chi connectivity index (χ0n) is 6.73. The average molecular weight is 168 g/mol. The van der Waals surface area contributed by atoms with Crippen LogP contribution in [0.5, 0.6) is 0 Å². The van der Waals surface area contributed by atoms with E-state index in [2.05, 4.69) is 10.1 Å². The van der Waals surface area contributed by atoms with Gasteiger partial charge in [0.15, 0.2) is 0 Å². The van der Waals surface area contributed by atoms with Crippen LogP contribution in [0.1, 0.15) is 31.1 Å². The Morgan fingerprint density at radius 3 is 2.75 bits per heavy atom. The molecule has 5 heteroatoms. The molecule has 0 saturated heterocycles. The third kappa shape index (κ3) is 1.27. The average Bonchev–Trinajstić information content (AvgIpc) is 2.58. The van der Waals surface area contributed by atoms with E-state index in [0.29, 0.717) is 11.8 Å². The first-order valence-electron chi connectivity index (χ1n) is 4.10. The molecule has 2 rings (SSSR count). The molecule has 0 aromatic carbocycles. The van der Waals surface area contributed by atoms with Crippen molar-refractivity contribution in [2.45, 2.75) is 31.2 Å². The number of rotatable bonds is 1. The predicted octanol–water partition coefficient (Wildman–Crippen LogP) is 0.247. The van der Waals surface area contributed by atoms with Crippen LogP contribution in [0.2, 0.25) is 0 Å². The SMILES string of the molecule is Nc1noc(C2CCC(N)C2)n1. The second kappa shape index (κ2) is 2.75. The van der Waals surface area contributed by atoms with Gasteiger partial charge >= 0.3 is 0 Å². The number of anilines is 1. The lowest BCUT2D eigenvalue weighted by molar-refractivity contribution is 0.354. The van der Waals surface area contributed by atoms with Crippen molar-refractivity contribution >= 4 is 5.95 Å². The van der Waals surface area contributed by atoms with Gasteiger partial charge in [-0.2, -0.15) is 4.98 Å². The van der Waals surface area contributed by atoms with Crippen molar-refractivity contribution in [2.75, 3.05) is 5.73 Å². The van der Waals surface area contributed by atoms with Gasteiger partial charge in [-0.15, -0.1) is 0 Å². The Morgan fingerprint density at radius 1 is 1.42 bits per heavy atom. The van der Waals surface area contributed by atoms with Crippen molar-refractivity contribution in [1.29, 1.82) is 0 Å². The highest BCUT2D eigenvalue weighted by atomic mass is 16.5. The Kier molecular flexibility index (Phi) is 1.73. The van der Waals surface area contributed by atoms with Crippen LogP contribution < -0.4 is 11.5 Å². The van der Waals surface area contributed by atoms with Gasteiger partial charge in [-0.3, -0.25) is 0 Å². The molecule has 12 heavy (non-hydrogen) atoms. The third-order valence-electron chi connectivity index (χ3n) is 2.28. The van der Waals surface area contributed by atoms with E-state index < -0.39 is 0 Å². The summed E-state index contributed by atoms with van der Waals surface area (Å²) in [7, 11) is 0. The molecule has 2 atom stereocenters. The lowest BCUT2D eigenvalue weighted by atomic mass is 10.1. The Morgan fingerprint density at radius 2 is 2.25 bits per heavy atom. The van der Waals surface area contributed by atoms with Gasteiger partial charge in [0.1, 0.15) is 0 Å². The minimum absolute atomic E-state index is 0.213. The Balaban J connectivity index is 2.11. The molecule has 1 aromatic rings. The zero-order valence-corrected chi connectivity index (χ0v) is 6.73. The highest BCUT2D eigenvalue weighted by molar-refractivity contribution is 5.13. The number of aromatic nitrogens is 2. The molecule has 1 aromatic heterocycles. The summed E-state index contributed by atoms with van der Waals surface area (Å²) < 4.78 is 4.95. The summed E-state index contributed by atoms with van der Waals surface area (Å²) in [6, 6.07) is 0.281. The Bertz CT molecular complexity index is 272. The third-order valence-corrected chi connectivity index (χ3v) is 2.28. The summed E-state index contributed by atoms with van der Waals surface area (Å²) in [4.78, 5) is 3.97. The zero-order chi connectivity index (χ0) is 8.55. The molecule has 0 aliphatic heterocycles. The fourth-order valence-electron chi connectivity index (χ4n) is 1.65. The van der Waals surface area contributed by atoms with Crippen molar-refractivity contribution in [1.82, 2.24) is 10.1 Å². The molecule has 2 unspecified atom stereocenters. The standard InChI is InChI=1S/C7H12N4O/c8-5-2-1-4(3-5)6-10-7(9)11-12-6/h4-5H,1-3,8H2,(H2,9,11). The van der Waals surface area contributed by atoms with E-state index >= 15 is 0 Å². The summed E-state index contributed by atoms with van der Waals surface area (Å²) in [6.07, 6.45) is 3.00. The fraction of sp³-hybridized carbons (Fsp3) is 0.714. The van der Waals surface area contributed by atoms with Gasteiger partial charge in [0.2, 0.25) is 5.89 Å². The minimum Gasteiger partial charge on any atom is -0.365 e. The molecule has 0 spiro atoms. The summed E-state index contributed by atoms with van der Waals surface area (Å²) in [5, 5.41) is 3.54. The number of hydrogen-bond donors (Lipinski definition) is 2. The largest absolute Gasteiger partial charge is 0.365 e. The summed E-state index contributed by atoms with van der Waals surface area (Å²) >= 11 is 0. The first-order chi connectivity index (χ1) is 5.75. The predicted molar refractivity (Wildman–Crippen MR) is 43.3 cm³/mol.